The minimum atomic E-state index is -0.390. The van der Waals surface area contributed by atoms with Crippen LogP contribution in [0.25, 0.3) is 0 Å². The van der Waals surface area contributed by atoms with Crippen molar-refractivity contribution in [1.29, 1.82) is 0 Å². The molecule has 0 aliphatic rings. The Balaban J connectivity index is 2.05. The summed E-state index contributed by atoms with van der Waals surface area (Å²) in [6.45, 7) is 0.0872. The van der Waals surface area contributed by atoms with E-state index in [0.29, 0.717) is 18.5 Å². The molecule has 0 bridgehead atoms. The number of benzene rings is 1. The molecule has 0 saturated carbocycles. The lowest BCUT2D eigenvalue weighted by Crippen LogP contribution is -2.08. The highest BCUT2D eigenvalue weighted by molar-refractivity contribution is 5.27. The van der Waals surface area contributed by atoms with Gasteiger partial charge in [0.2, 0.25) is 0 Å². The molecular weight excluding hydrogens is 245 g/mol. The van der Waals surface area contributed by atoms with Crippen molar-refractivity contribution in [2.75, 3.05) is 7.11 Å². The van der Waals surface area contributed by atoms with Crippen molar-refractivity contribution in [1.82, 2.24) is 9.97 Å². The molecule has 0 spiro atoms. The van der Waals surface area contributed by atoms with Crippen LogP contribution in [0.3, 0.4) is 0 Å². The third-order valence-corrected chi connectivity index (χ3v) is 2.94. The number of aromatic nitrogens is 2. The molecule has 0 saturated heterocycles. The molecule has 4 nitrogen and oxygen atoms in total. The summed E-state index contributed by atoms with van der Waals surface area (Å²) < 4.78 is 19.0. The van der Waals surface area contributed by atoms with E-state index < -0.39 is 5.82 Å². The number of methoxy groups -OCH3 is 1. The van der Waals surface area contributed by atoms with E-state index >= 15 is 0 Å². The maximum absolute atomic E-state index is 13.9. The van der Waals surface area contributed by atoms with Crippen LogP contribution in [-0.2, 0) is 19.4 Å². The fourth-order valence-corrected chi connectivity index (χ4v) is 1.82. The van der Waals surface area contributed by atoms with Crippen molar-refractivity contribution in [3.8, 4) is 5.75 Å². The molecule has 1 aromatic heterocycles. The predicted octanol–water partition coefficient (Wildman–Crippen LogP) is 1.87. The summed E-state index contributed by atoms with van der Waals surface area (Å²) in [5, 5.41) is 0. The Hall–Kier alpha value is -2.01. The van der Waals surface area contributed by atoms with Gasteiger partial charge in [0.05, 0.1) is 18.5 Å². The molecule has 1 heterocycles. The minimum Gasteiger partial charge on any atom is -0.497 e. The Kier molecular flexibility index (Phi) is 4.41. The van der Waals surface area contributed by atoms with Crippen LogP contribution in [0.2, 0.25) is 0 Å². The van der Waals surface area contributed by atoms with Gasteiger partial charge in [0.15, 0.2) is 5.82 Å². The second kappa shape index (κ2) is 6.24. The molecule has 100 valence electrons. The zero-order valence-electron chi connectivity index (χ0n) is 10.8. The Morgan fingerprint density at radius 2 is 1.79 bits per heavy atom. The zero-order chi connectivity index (χ0) is 13.7. The lowest BCUT2D eigenvalue weighted by Gasteiger charge is -2.06. The number of rotatable bonds is 5. The second-order valence-electron chi connectivity index (χ2n) is 4.13. The van der Waals surface area contributed by atoms with Crippen molar-refractivity contribution in [2.45, 2.75) is 19.4 Å². The van der Waals surface area contributed by atoms with Gasteiger partial charge >= 0.3 is 0 Å². The number of nitrogens with two attached hydrogens (primary N) is 1. The van der Waals surface area contributed by atoms with Crippen molar-refractivity contribution in [3.05, 3.63) is 53.4 Å². The Bertz CT molecular complexity index is 543. The van der Waals surface area contributed by atoms with Crippen LogP contribution >= 0.6 is 0 Å². The molecule has 2 aromatic rings. The molecule has 0 radical (unpaired) electrons. The molecule has 5 heteroatoms. The van der Waals surface area contributed by atoms with Crippen molar-refractivity contribution in [3.63, 3.8) is 0 Å². The summed E-state index contributed by atoms with van der Waals surface area (Å²) in [6.07, 6.45) is 2.59. The van der Waals surface area contributed by atoms with Gasteiger partial charge in [-0.2, -0.15) is 0 Å². The van der Waals surface area contributed by atoms with Crippen LogP contribution in [0.15, 0.2) is 30.6 Å². The van der Waals surface area contributed by atoms with Gasteiger partial charge in [0.25, 0.3) is 0 Å². The fraction of sp³-hybridized carbons (Fsp3) is 0.286. The molecule has 2 rings (SSSR count). The topological polar surface area (TPSA) is 61.0 Å². The molecule has 19 heavy (non-hydrogen) atoms. The number of aryl methyl sites for hydroxylation is 2. The van der Waals surface area contributed by atoms with Crippen LogP contribution in [0.5, 0.6) is 5.75 Å². The van der Waals surface area contributed by atoms with Crippen LogP contribution in [-0.4, -0.2) is 17.1 Å². The lowest BCUT2D eigenvalue weighted by atomic mass is 10.1. The van der Waals surface area contributed by atoms with Gasteiger partial charge in [0.1, 0.15) is 12.1 Å². The number of nitrogens with zero attached hydrogens (tertiary/aromatic N) is 2. The summed E-state index contributed by atoms with van der Waals surface area (Å²) in [5.41, 5.74) is 7.19. The Labute approximate surface area is 111 Å². The Morgan fingerprint density at radius 3 is 2.42 bits per heavy atom. The molecule has 1 aromatic carbocycles. The third kappa shape index (κ3) is 3.26. The van der Waals surface area contributed by atoms with E-state index in [4.69, 9.17) is 10.5 Å². The van der Waals surface area contributed by atoms with E-state index in [1.165, 1.54) is 6.33 Å². The average Bonchev–Trinajstić information content (AvgIpc) is 2.47. The van der Waals surface area contributed by atoms with Crippen molar-refractivity contribution >= 4 is 0 Å². The molecule has 0 unspecified atom stereocenters. The monoisotopic (exact) mass is 261 g/mol. The van der Waals surface area contributed by atoms with Crippen molar-refractivity contribution < 1.29 is 9.13 Å². The molecule has 0 amide bonds. The van der Waals surface area contributed by atoms with Gasteiger partial charge in [0, 0.05) is 6.54 Å². The molecule has 2 N–H and O–H groups in total. The van der Waals surface area contributed by atoms with Crippen LogP contribution in [0.4, 0.5) is 4.39 Å². The third-order valence-electron chi connectivity index (χ3n) is 2.94. The van der Waals surface area contributed by atoms with Gasteiger partial charge in [-0.1, -0.05) is 12.1 Å². The van der Waals surface area contributed by atoms with E-state index in [1.807, 2.05) is 24.3 Å². The van der Waals surface area contributed by atoms with Gasteiger partial charge < -0.3 is 10.5 Å². The lowest BCUT2D eigenvalue weighted by molar-refractivity contribution is 0.414. The summed E-state index contributed by atoms with van der Waals surface area (Å²) in [4.78, 5) is 7.78. The number of ether oxygens (including phenoxy) is 1. The van der Waals surface area contributed by atoms with E-state index in [1.54, 1.807) is 7.11 Å². The number of halogens is 1. The van der Waals surface area contributed by atoms with E-state index in [-0.39, 0.29) is 12.2 Å². The quantitative estimate of drug-likeness (QED) is 0.892. The fourth-order valence-electron chi connectivity index (χ4n) is 1.82. The van der Waals surface area contributed by atoms with Crippen molar-refractivity contribution in [2.24, 2.45) is 5.73 Å². The Morgan fingerprint density at radius 1 is 1.11 bits per heavy atom. The second-order valence-corrected chi connectivity index (χ2v) is 4.13. The maximum Gasteiger partial charge on any atom is 0.167 e. The molecule has 0 atom stereocenters. The van der Waals surface area contributed by atoms with Crippen LogP contribution in [0.1, 0.15) is 17.0 Å². The predicted molar refractivity (Wildman–Crippen MR) is 70.3 cm³/mol. The van der Waals surface area contributed by atoms with Gasteiger partial charge in [-0.25, -0.2) is 14.4 Å². The molecule has 0 aliphatic heterocycles. The highest BCUT2D eigenvalue weighted by atomic mass is 19.1. The molecular formula is C14H16FN3O. The first kappa shape index (κ1) is 13.4. The summed E-state index contributed by atoms with van der Waals surface area (Å²) >= 11 is 0. The number of hydrogen-bond acceptors (Lipinski definition) is 4. The summed E-state index contributed by atoms with van der Waals surface area (Å²) in [5.74, 6) is 0.417. The highest BCUT2D eigenvalue weighted by Gasteiger charge is 2.09. The number of hydrogen-bond donors (Lipinski definition) is 1. The van der Waals surface area contributed by atoms with Crippen LogP contribution < -0.4 is 10.5 Å². The standard InChI is InChI=1S/C14H16FN3O/c1-19-11-5-2-10(3-6-11)4-7-12-14(15)13(8-16)18-9-17-12/h2-3,5-6,9H,4,7-8,16H2,1H3. The summed E-state index contributed by atoms with van der Waals surface area (Å²) in [6, 6.07) is 7.69. The molecule has 0 fully saturated rings. The average molecular weight is 261 g/mol. The van der Waals surface area contributed by atoms with E-state index in [0.717, 1.165) is 11.3 Å². The first-order valence-corrected chi connectivity index (χ1v) is 6.06. The first-order valence-electron chi connectivity index (χ1n) is 6.06. The minimum absolute atomic E-state index is 0.0872. The van der Waals surface area contributed by atoms with Crippen LogP contribution in [0, 0.1) is 5.82 Å². The maximum atomic E-state index is 13.9. The van der Waals surface area contributed by atoms with Gasteiger partial charge in [-0.3, -0.25) is 0 Å². The highest BCUT2D eigenvalue weighted by Crippen LogP contribution is 2.14. The largest absolute Gasteiger partial charge is 0.497 e. The molecule has 0 aliphatic carbocycles. The van der Waals surface area contributed by atoms with Gasteiger partial charge in [-0.15, -0.1) is 0 Å². The normalized spacial score (nSPS) is 10.5. The van der Waals surface area contributed by atoms with E-state index in [9.17, 15) is 4.39 Å². The van der Waals surface area contributed by atoms with Gasteiger partial charge in [-0.05, 0) is 30.5 Å². The smallest absolute Gasteiger partial charge is 0.167 e. The first-order chi connectivity index (χ1) is 9.24. The zero-order valence-corrected chi connectivity index (χ0v) is 10.8. The SMILES string of the molecule is COc1ccc(CCc2ncnc(CN)c2F)cc1. The van der Waals surface area contributed by atoms with E-state index in [2.05, 4.69) is 9.97 Å². The summed E-state index contributed by atoms with van der Waals surface area (Å²) in [7, 11) is 1.62.